The predicted octanol–water partition coefficient (Wildman–Crippen LogP) is 2.37. The molecular formula is C10H11ClO2. The summed E-state index contributed by atoms with van der Waals surface area (Å²) in [6.07, 6.45) is -0.0176. The maximum atomic E-state index is 5.68. The van der Waals surface area contributed by atoms with E-state index < -0.39 is 0 Å². The summed E-state index contributed by atoms with van der Waals surface area (Å²) in [7, 11) is 0. The summed E-state index contributed by atoms with van der Waals surface area (Å²) in [6, 6.07) is 5.90. The molecule has 1 aromatic carbocycles. The van der Waals surface area contributed by atoms with E-state index in [4.69, 9.17) is 21.1 Å². The van der Waals surface area contributed by atoms with Gasteiger partial charge in [-0.05, 0) is 24.6 Å². The van der Waals surface area contributed by atoms with E-state index in [0.29, 0.717) is 12.5 Å². The smallest absolute Gasteiger partial charge is 0.162 e. The Morgan fingerprint density at radius 1 is 1.46 bits per heavy atom. The van der Waals surface area contributed by atoms with E-state index in [1.807, 2.05) is 25.1 Å². The fourth-order valence-electron chi connectivity index (χ4n) is 1.30. The normalized spacial score (nSPS) is 20.0. The van der Waals surface area contributed by atoms with Crippen molar-refractivity contribution < 1.29 is 9.47 Å². The Kier molecular flexibility index (Phi) is 2.32. The van der Waals surface area contributed by atoms with Gasteiger partial charge in [-0.15, -0.1) is 11.6 Å². The van der Waals surface area contributed by atoms with Crippen LogP contribution in [0.15, 0.2) is 18.2 Å². The van der Waals surface area contributed by atoms with Crippen LogP contribution in [0.4, 0.5) is 0 Å². The van der Waals surface area contributed by atoms with Gasteiger partial charge in [-0.3, -0.25) is 0 Å². The molecule has 0 bridgehead atoms. The van der Waals surface area contributed by atoms with Crippen LogP contribution in [0.5, 0.6) is 11.5 Å². The lowest BCUT2D eigenvalue weighted by Gasteiger charge is -2.25. The average molecular weight is 199 g/mol. The van der Waals surface area contributed by atoms with E-state index in [0.717, 1.165) is 17.1 Å². The number of ether oxygens (including phenoxy) is 2. The maximum Gasteiger partial charge on any atom is 0.162 e. The quantitative estimate of drug-likeness (QED) is 0.645. The maximum absolute atomic E-state index is 5.68. The van der Waals surface area contributed by atoms with Crippen LogP contribution < -0.4 is 9.47 Å². The lowest BCUT2D eigenvalue weighted by Crippen LogP contribution is -2.30. The first-order valence-electron chi connectivity index (χ1n) is 4.25. The molecule has 2 nitrogen and oxygen atoms in total. The number of benzene rings is 1. The molecule has 2 rings (SSSR count). The molecule has 0 aliphatic carbocycles. The van der Waals surface area contributed by atoms with Crippen LogP contribution in [0.1, 0.15) is 5.56 Å². The average Bonchev–Trinajstić information content (AvgIpc) is 2.16. The van der Waals surface area contributed by atoms with Crippen LogP contribution >= 0.6 is 11.6 Å². The number of rotatable bonds is 1. The minimum atomic E-state index is -0.0176. The first kappa shape index (κ1) is 8.70. The van der Waals surface area contributed by atoms with Gasteiger partial charge in [0.05, 0.1) is 5.88 Å². The second-order valence-electron chi connectivity index (χ2n) is 3.16. The van der Waals surface area contributed by atoms with Crippen molar-refractivity contribution in [2.24, 2.45) is 0 Å². The summed E-state index contributed by atoms with van der Waals surface area (Å²) in [5, 5.41) is 0. The van der Waals surface area contributed by atoms with E-state index in [1.165, 1.54) is 0 Å². The van der Waals surface area contributed by atoms with Gasteiger partial charge in [0, 0.05) is 0 Å². The first-order valence-corrected chi connectivity index (χ1v) is 4.79. The number of hydrogen-bond donors (Lipinski definition) is 0. The minimum absolute atomic E-state index is 0.0176. The van der Waals surface area contributed by atoms with Crippen molar-refractivity contribution in [3.63, 3.8) is 0 Å². The van der Waals surface area contributed by atoms with Gasteiger partial charge in [-0.1, -0.05) is 6.07 Å². The third kappa shape index (κ3) is 1.73. The Balaban J connectivity index is 2.27. The van der Waals surface area contributed by atoms with Gasteiger partial charge in [-0.2, -0.15) is 0 Å². The zero-order valence-corrected chi connectivity index (χ0v) is 8.17. The molecule has 1 unspecified atom stereocenters. The highest BCUT2D eigenvalue weighted by Crippen LogP contribution is 2.32. The number of halogens is 1. The second kappa shape index (κ2) is 3.46. The van der Waals surface area contributed by atoms with Crippen molar-refractivity contribution in [3.05, 3.63) is 23.8 Å². The van der Waals surface area contributed by atoms with Crippen molar-refractivity contribution in [3.8, 4) is 11.5 Å². The standard InChI is InChI=1S/C10H11ClO2/c1-7-2-3-9-10(4-7)13-8(5-11)6-12-9/h2-4,8H,5-6H2,1H3. The van der Waals surface area contributed by atoms with Crippen molar-refractivity contribution in [2.75, 3.05) is 12.5 Å². The fraction of sp³-hybridized carbons (Fsp3) is 0.400. The van der Waals surface area contributed by atoms with Gasteiger partial charge in [-0.25, -0.2) is 0 Å². The highest BCUT2D eigenvalue weighted by molar-refractivity contribution is 6.18. The molecule has 0 N–H and O–H groups in total. The van der Waals surface area contributed by atoms with Gasteiger partial charge in [0.25, 0.3) is 0 Å². The van der Waals surface area contributed by atoms with E-state index in [-0.39, 0.29) is 6.10 Å². The van der Waals surface area contributed by atoms with E-state index in [1.54, 1.807) is 0 Å². The van der Waals surface area contributed by atoms with Crippen LogP contribution in [0.3, 0.4) is 0 Å². The molecule has 70 valence electrons. The Labute approximate surface area is 82.4 Å². The topological polar surface area (TPSA) is 18.5 Å². The molecule has 0 radical (unpaired) electrons. The number of hydrogen-bond acceptors (Lipinski definition) is 2. The van der Waals surface area contributed by atoms with Gasteiger partial charge >= 0.3 is 0 Å². The summed E-state index contributed by atoms with van der Waals surface area (Å²) in [6.45, 7) is 2.56. The third-order valence-corrected chi connectivity index (χ3v) is 2.33. The monoisotopic (exact) mass is 198 g/mol. The molecule has 0 saturated heterocycles. The van der Waals surface area contributed by atoms with Crippen molar-refractivity contribution in [1.29, 1.82) is 0 Å². The molecule has 0 saturated carbocycles. The SMILES string of the molecule is Cc1ccc2c(c1)OC(CCl)CO2. The van der Waals surface area contributed by atoms with Crippen molar-refractivity contribution in [2.45, 2.75) is 13.0 Å². The minimum Gasteiger partial charge on any atom is -0.486 e. The summed E-state index contributed by atoms with van der Waals surface area (Å²) >= 11 is 5.68. The molecule has 1 aliphatic rings. The lowest BCUT2D eigenvalue weighted by molar-refractivity contribution is 0.106. The molecule has 0 amide bonds. The largest absolute Gasteiger partial charge is 0.486 e. The third-order valence-electron chi connectivity index (χ3n) is 1.99. The Morgan fingerprint density at radius 3 is 3.08 bits per heavy atom. The van der Waals surface area contributed by atoms with Crippen molar-refractivity contribution >= 4 is 11.6 Å². The summed E-state index contributed by atoms with van der Waals surface area (Å²) in [4.78, 5) is 0. The van der Waals surface area contributed by atoms with E-state index in [9.17, 15) is 0 Å². The van der Waals surface area contributed by atoms with Gasteiger partial charge in [0.1, 0.15) is 12.7 Å². The van der Waals surface area contributed by atoms with Crippen LogP contribution in [0.2, 0.25) is 0 Å². The molecule has 1 heterocycles. The van der Waals surface area contributed by atoms with Crippen LogP contribution in [0, 0.1) is 6.92 Å². The van der Waals surface area contributed by atoms with Gasteiger partial charge in [0.15, 0.2) is 11.5 Å². The molecule has 0 fully saturated rings. The molecule has 1 aromatic rings. The molecular weight excluding hydrogens is 188 g/mol. The predicted molar refractivity (Wildman–Crippen MR) is 51.8 cm³/mol. The van der Waals surface area contributed by atoms with Crippen LogP contribution in [-0.2, 0) is 0 Å². The molecule has 1 atom stereocenters. The van der Waals surface area contributed by atoms with Gasteiger partial charge in [0.2, 0.25) is 0 Å². The van der Waals surface area contributed by atoms with E-state index in [2.05, 4.69) is 0 Å². The molecule has 0 spiro atoms. The van der Waals surface area contributed by atoms with Gasteiger partial charge < -0.3 is 9.47 Å². The number of alkyl halides is 1. The number of fused-ring (bicyclic) bond motifs is 1. The Bertz CT molecular complexity index is 312. The summed E-state index contributed by atoms with van der Waals surface area (Å²) < 4.78 is 11.1. The van der Waals surface area contributed by atoms with Crippen LogP contribution in [-0.4, -0.2) is 18.6 Å². The summed E-state index contributed by atoms with van der Waals surface area (Å²) in [5.41, 5.74) is 1.16. The first-order chi connectivity index (χ1) is 6.29. The fourth-order valence-corrected chi connectivity index (χ4v) is 1.45. The Hall–Kier alpha value is -0.890. The summed E-state index contributed by atoms with van der Waals surface area (Å²) in [5.74, 6) is 2.08. The highest BCUT2D eigenvalue weighted by Gasteiger charge is 2.19. The lowest BCUT2D eigenvalue weighted by atomic mass is 10.2. The van der Waals surface area contributed by atoms with Crippen molar-refractivity contribution in [1.82, 2.24) is 0 Å². The highest BCUT2D eigenvalue weighted by atomic mass is 35.5. The van der Waals surface area contributed by atoms with E-state index >= 15 is 0 Å². The number of aryl methyl sites for hydroxylation is 1. The van der Waals surface area contributed by atoms with Crippen LogP contribution in [0.25, 0.3) is 0 Å². The zero-order valence-electron chi connectivity index (χ0n) is 7.42. The molecule has 1 aliphatic heterocycles. The zero-order chi connectivity index (χ0) is 9.26. The Morgan fingerprint density at radius 2 is 2.31 bits per heavy atom. The second-order valence-corrected chi connectivity index (χ2v) is 3.46. The molecule has 0 aromatic heterocycles. The molecule has 13 heavy (non-hydrogen) atoms. The molecule has 3 heteroatoms.